The van der Waals surface area contributed by atoms with Crippen LogP contribution in [-0.4, -0.2) is 22.4 Å². The maximum absolute atomic E-state index is 10.5. The van der Waals surface area contributed by atoms with Gasteiger partial charge in [-0.15, -0.1) is 0 Å². The molecule has 0 radical (unpaired) electrons. The van der Waals surface area contributed by atoms with Gasteiger partial charge in [0.1, 0.15) is 5.75 Å². The van der Waals surface area contributed by atoms with E-state index in [1.165, 1.54) is 0 Å². The number of aromatic hydroxyl groups is 1. The van der Waals surface area contributed by atoms with E-state index in [1.807, 2.05) is 43.3 Å². The summed E-state index contributed by atoms with van der Waals surface area (Å²) in [5.74, 6) is 0.346. The van der Waals surface area contributed by atoms with Crippen LogP contribution in [0, 0.1) is 0 Å². The lowest BCUT2D eigenvalue weighted by molar-refractivity contribution is 0.0858. The molecule has 112 valence electrons. The molecule has 0 bridgehead atoms. The van der Waals surface area contributed by atoms with Crippen LogP contribution in [0.5, 0.6) is 5.75 Å². The summed E-state index contributed by atoms with van der Waals surface area (Å²) in [5.41, 5.74) is 0.895. The average Bonchev–Trinajstić information content (AvgIpc) is 2.50. The molecule has 3 unspecified atom stereocenters. The Morgan fingerprint density at radius 2 is 1.86 bits per heavy atom. The van der Waals surface area contributed by atoms with Gasteiger partial charge in [0.15, 0.2) is 0 Å². The summed E-state index contributed by atoms with van der Waals surface area (Å²) in [6.07, 6.45) is 3.86. The molecule has 1 aliphatic rings. The summed E-state index contributed by atoms with van der Waals surface area (Å²) in [6.45, 7) is 2.05. The number of phenols is 1. The maximum Gasteiger partial charge on any atom is 0.128 e. The van der Waals surface area contributed by atoms with Crippen molar-refractivity contribution < 1.29 is 10.2 Å². The number of aliphatic hydroxyl groups excluding tert-OH is 1. The van der Waals surface area contributed by atoms with E-state index in [0.717, 1.165) is 42.0 Å². The van der Waals surface area contributed by atoms with Crippen molar-refractivity contribution in [2.75, 3.05) is 0 Å². The van der Waals surface area contributed by atoms with Gasteiger partial charge in [-0.25, -0.2) is 0 Å². The molecule has 3 rings (SSSR count). The second-order valence-electron chi connectivity index (χ2n) is 6.07. The molecule has 2 aromatic rings. The van der Waals surface area contributed by atoms with E-state index in [-0.39, 0.29) is 18.2 Å². The highest BCUT2D eigenvalue weighted by molar-refractivity contribution is 5.89. The summed E-state index contributed by atoms with van der Waals surface area (Å²) >= 11 is 0. The number of aliphatic hydroxyl groups is 1. The Morgan fingerprint density at radius 1 is 1.10 bits per heavy atom. The molecule has 3 atom stereocenters. The van der Waals surface area contributed by atoms with E-state index in [2.05, 4.69) is 5.32 Å². The molecule has 1 aliphatic carbocycles. The Labute approximate surface area is 125 Å². The molecule has 0 aromatic heterocycles. The minimum absolute atomic E-state index is 0.0207. The van der Waals surface area contributed by atoms with E-state index in [0.29, 0.717) is 5.75 Å². The van der Waals surface area contributed by atoms with Gasteiger partial charge in [0, 0.05) is 23.0 Å². The van der Waals surface area contributed by atoms with Crippen LogP contribution in [0.25, 0.3) is 10.8 Å². The van der Waals surface area contributed by atoms with Crippen molar-refractivity contribution in [2.24, 2.45) is 0 Å². The molecule has 2 aromatic carbocycles. The lowest BCUT2D eigenvalue weighted by atomic mass is 9.91. The summed E-state index contributed by atoms with van der Waals surface area (Å²) in [5, 5.41) is 26.0. The first-order valence-electron chi connectivity index (χ1n) is 7.81. The standard InChI is InChI=1S/C18H23NO2/c1-12(19-16-8-4-5-9-17(16)20)14-11-10-13-6-2-3-7-15(13)18(14)21/h2-3,6-7,10-12,16-17,19-21H,4-5,8-9H2,1H3. The quantitative estimate of drug-likeness (QED) is 0.809. The third kappa shape index (κ3) is 2.89. The molecule has 3 N–H and O–H groups in total. The third-order valence-corrected chi connectivity index (χ3v) is 4.59. The highest BCUT2D eigenvalue weighted by Crippen LogP contribution is 2.33. The summed E-state index contributed by atoms with van der Waals surface area (Å²) < 4.78 is 0. The summed E-state index contributed by atoms with van der Waals surface area (Å²) in [6, 6.07) is 12.0. The van der Waals surface area contributed by atoms with Crippen LogP contribution < -0.4 is 5.32 Å². The number of hydrogen-bond acceptors (Lipinski definition) is 3. The smallest absolute Gasteiger partial charge is 0.128 e. The number of benzene rings is 2. The third-order valence-electron chi connectivity index (χ3n) is 4.59. The Morgan fingerprint density at radius 3 is 2.67 bits per heavy atom. The van der Waals surface area contributed by atoms with Crippen molar-refractivity contribution >= 4 is 10.8 Å². The van der Waals surface area contributed by atoms with Crippen molar-refractivity contribution in [3.8, 4) is 5.75 Å². The number of hydrogen-bond donors (Lipinski definition) is 3. The molecule has 0 spiro atoms. The fraction of sp³-hybridized carbons (Fsp3) is 0.444. The van der Waals surface area contributed by atoms with Crippen LogP contribution in [0.15, 0.2) is 36.4 Å². The lowest BCUT2D eigenvalue weighted by Gasteiger charge is -2.31. The van der Waals surface area contributed by atoms with E-state index in [4.69, 9.17) is 0 Å². The van der Waals surface area contributed by atoms with Crippen LogP contribution in [0.3, 0.4) is 0 Å². The molecule has 0 heterocycles. The van der Waals surface area contributed by atoms with Crippen LogP contribution in [0.2, 0.25) is 0 Å². The normalized spacial score (nSPS) is 24.1. The predicted octanol–water partition coefficient (Wildman–Crippen LogP) is 3.50. The summed E-state index contributed by atoms with van der Waals surface area (Å²) in [4.78, 5) is 0. The number of fused-ring (bicyclic) bond motifs is 1. The molecular formula is C18H23NO2. The first-order chi connectivity index (χ1) is 10.2. The van der Waals surface area contributed by atoms with Gasteiger partial charge in [0.2, 0.25) is 0 Å². The van der Waals surface area contributed by atoms with Crippen molar-refractivity contribution in [3.63, 3.8) is 0 Å². The van der Waals surface area contributed by atoms with Crippen LogP contribution in [-0.2, 0) is 0 Å². The number of phenolic OH excluding ortho intramolecular Hbond substituents is 1. The zero-order chi connectivity index (χ0) is 14.8. The second kappa shape index (κ2) is 6.04. The molecule has 3 heteroatoms. The van der Waals surface area contributed by atoms with Gasteiger partial charge in [0.05, 0.1) is 6.10 Å². The Kier molecular flexibility index (Phi) is 4.13. The highest BCUT2D eigenvalue weighted by atomic mass is 16.3. The van der Waals surface area contributed by atoms with Gasteiger partial charge in [-0.05, 0) is 25.2 Å². The van der Waals surface area contributed by atoms with Crippen molar-refractivity contribution in [3.05, 3.63) is 42.0 Å². The van der Waals surface area contributed by atoms with Gasteiger partial charge in [-0.2, -0.15) is 0 Å². The Bertz CT molecular complexity index is 626. The van der Waals surface area contributed by atoms with Crippen LogP contribution in [0.4, 0.5) is 0 Å². The minimum atomic E-state index is -0.274. The van der Waals surface area contributed by atoms with Crippen molar-refractivity contribution in [1.29, 1.82) is 0 Å². The zero-order valence-electron chi connectivity index (χ0n) is 12.4. The lowest BCUT2D eigenvalue weighted by Crippen LogP contribution is -2.43. The van der Waals surface area contributed by atoms with E-state index >= 15 is 0 Å². The molecule has 21 heavy (non-hydrogen) atoms. The van der Waals surface area contributed by atoms with Gasteiger partial charge in [0.25, 0.3) is 0 Å². The van der Waals surface area contributed by atoms with Gasteiger partial charge < -0.3 is 15.5 Å². The molecule has 0 saturated heterocycles. The average molecular weight is 285 g/mol. The number of nitrogens with one attached hydrogen (secondary N) is 1. The minimum Gasteiger partial charge on any atom is -0.507 e. The summed E-state index contributed by atoms with van der Waals surface area (Å²) in [7, 11) is 0. The molecule has 1 saturated carbocycles. The Hall–Kier alpha value is -1.58. The van der Waals surface area contributed by atoms with Crippen molar-refractivity contribution in [1.82, 2.24) is 5.32 Å². The van der Waals surface area contributed by atoms with E-state index < -0.39 is 0 Å². The fourth-order valence-corrected chi connectivity index (χ4v) is 3.34. The molecule has 0 amide bonds. The van der Waals surface area contributed by atoms with Gasteiger partial charge in [-0.1, -0.05) is 49.2 Å². The van der Waals surface area contributed by atoms with E-state index in [1.54, 1.807) is 0 Å². The largest absolute Gasteiger partial charge is 0.507 e. The van der Waals surface area contributed by atoms with E-state index in [9.17, 15) is 10.2 Å². The molecule has 1 fully saturated rings. The van der Waals surface area contributed by atoms with Crippen LogP contribution in [0.1, 0.15) is 44.2 Å². The second-order valence-corrected chi connectivity index (χ2v) is 6.07. The zero-order valence-corrected chi connectivity index (χ0v) is 12.4. The number of rotatable bonds is 3. The Balaban J connectivity index is 1.84. The first kappa shape index (κ1) is 14.4. The van der Waals surface area contributed by atoms with Crippen molar-refractivity contribution in [2.45, 2.75) is 50.8 Å². The monoisotopic (exact) mass is 285 g/mol. The topological polar surface area (TPSA) is 52.5 Å². The highest BCUT2D eigenvalue weighted by Gasteiger charge is 2.25. The molecule has 0 aliphatic heterocycles. The van der Waals surface area contributed by atoms with Crippen LogP contribution >= 0.6 is 0 Å². The maximum atomic E-state index is 10.5. The SMILES string of the molecule is CC(NC1CCCCC1O)c1ccc2ccccc2c1O. The predicted molar refractivity (Wildman–Crippen MR) is 85.4 cm³/mol. The van der Waals surface area contributed by atoms with Gasteiger partial charge in [-0.3, -0.25) is 0 Å². The molecular weight excluding hydrogens is 262 g/mol. The molecule has 3 nitrogen and oxygen atoms in total. The fourth-order valence-electron chi connectivity index (χ4n) is 3.34. The van der Waals surface area contributed by atoms with Gasteiger partial charge >= 0.3 is 0 Å². The first-order valence-corrected chi connectivity index (χ1v) is 7.81.